The molecule has 2 rings (SSSR count). The summed E-state index contributed by atoms with van der Waals surface area (Å²) in [5, 5.41) is 15.4. The van der Waals surface area contributed by atoms with Crippen LogP contribution in [-0.4, -0.2) is 21.4 Å². The summed E-state index contributed by atoms with van der Waals surface area (Å²) in [7, 11) is 0. The van der Waals surface area contributed by atoms with Crippen molar-refractivity contribution in [1.29, 1.82) is 0 Å². The molecule has 0 saturated carbocycles. The van der Waals surface area contributed by atoms with Crippen molar-refractivity contribution in [2.24, 2.45) is 0 Å². The van der Waals surface area contributed by atoms with Crippen LogP contribution in [0.15, 0.2) is 29.9 Å². The monoisotopic (exact) mass is 250 g/mol. The number of hydrogen-bond acceptors (Lipinski definition) is 6. The van der Waals surface area contributed by atoms with E-state index in [1.54, 1.807) is 11.3 Å². The van der Waals surface area contributed by atoms with Crippen LogP contribution in [0, 0.1) is 10.1 Å². The summed E-state index contributed by atoms with van der Waals surface area (Å²) >= 11 is 1.69. The van der Waals surface area contributed by atoms with Gasteiger partial charge in [-0.3, -0.25) is 10.1 Å². The molecule has 1 N–H and O–H groups in total. The number of anilines is 1. The zero-order valence-corrected chi connectivity index (χ0v) is 9.68. The lowest BCUT2D eigenvalue weighted by Gasteiger charge is -2.02. The largest absolute Gasteiger partial charge is 0.354 e. The standard InChI is InChI=1S/C10H10N4O2S/c15-14(16)8-6-12-10(13-7-8)11-4-3-9-2-1-5-17-9/h1-2,5-7H,3-4H2,(H,11,12,13). The Morgan fingerprint density at radius 1 is 1.41 bits per heavy atom. The van der Waals surface area contributed by atoms with Gasteiger partial charge in [-0.25, -0.2) is 9.97 Å². The molecule has 0 atom stereocenters. The van der Waals surface area contributed by atoms with E-state index in [-0.39, 0.29) is 5.69 Å². The van der Waals surface area contributed by atoms with E-state index in [4.69, 9.17) is 0 Å². The van der Waals surface area contributed by atoms with Crippen molar-refractivity contribution in [3.63, 3.8) is 0 Å². The molecule has 0 bridgehead atoms. The Morgan fingerprint density at radius 3 is 2.76 bits per heavy atom. The van der Waals surface area contributed by atoms with Crippen molar-refractivity contribution in [2.75, 3.05) is 11.9 Å². The van der Waals surface area contributed by atoms with Crippen LogP contribution in [0.2, 0.25) is 0 Å². The summed E-state index contributed by atoms with van der Waals surface area (Å²) < 4.78 is 0. The minimum atomic E-state index is -0.518. The first-order valence-corrected chi connectivity index (χ1v) is 5.86. The second kappa shape index (κ2) is 5.35. The maximum absolute atomic E-state index is 10.4. The first-order chi connectivity index (χ1) is 8.25. The van der Waals surface area contributed by atoms with Crippen LogP contribution in [0.1, 0.15) is 4.88 Å². The van der Waals surface area contributed by atoms with E-state index in [1.807, 2.05) is 11.4 Å². The summed E-state index contributed by atoms with van der Waals surface area (Å²) in [4.78, 5) is 18.9. The van der Waals surface area contributed by atoms with Gasteiger partial charge in [-0.15, -0.1) is 11.3 Å². The average molecular weight is 250 g/mol. The summed E-state index contributed by atoms with van der Waals surface area (Å²) in [5.74, 6) is 0.409. The van der Waals surface area contributed by atoms with Gasteiger partial charge in [-0.05, 0) is 17.9 Å². The fourth-order valence-electron chi connectivity index (χ4n) is 1.26. The number of rotatable bonds is 5. The Labute approximate surface area is 102 Å². The van der Waals surface area contributed by atoms with E-state index in [9.17, 15) is 10.1 Å². The fourth-order valence-corrected chi connectivity index (χ4v) is 1.97. The number of nitrogens with zero attached hydrogens (tertiary/aromatic N) is 3. The topological polar surface area (TPSA) is 81.0 Å². The zero-order valence-electron chi connectivity index (χ0n) is 8.87. The third kappa shape index (κ3) is 3.22. The Bertz CT molecular complexity index is 484. The van der Waals surface area contributed by atoms with Crippen molar-refractivity contribution >= 4 is 23.0 Å². The summed E-state index contributed by atoms with van der Waals surface area (Å²) in [6.45, 7) is 0.707. The van der Waals surface area contributed by atoms with Crippen LogP contribution in [0.25, 0.3) is 0 Å². The maximum atomic E-state index is 10.4. The molecule has 0 amide bonds. The van der Waals surface area contributed by atoms with Gasteiger partial charge < -0.3 is 5.32 Å². The molecule has 0 fully saturated rings. The van der Waals surface area contributed by atoms with Crippen molar-refractivity contribution in [3.8, 4) is 0 Å². The molecule has 0 aliphatic heterocycles. The molecular weight excluding hydrogens is 240 g/mol. The quantitative estimate of drug-likeness (QED) is 0.649. The molecular formula is C10H10N4O2S. The zero-order chi connectivity index (χ0) is 12.1. The molecule has 2 aromatic rings. The van der Waals surface area contributed by atoms with E-state index >= 15 is 0 Å². The summed E-state index contributed by atoms with van der Waals surface area (Å²) in [6, 6.07) is 4.06. The molecule has 7 heteroatoms. The number of nitrogens with one attached hydrogen (secondary N) is 1. The summed E-state index contributed by atoms with van der Waals surface area (Å²) in [6.07, 6.45) is 3.28. The summed E-state index contributed by atoms with van der Waals surface area (Å²) in [5.41, 5.74) is -0.103. The highest BCUT2D eigenvalue weighted by Crippen LogP contribution is 2.10. The SMILES string of the molecule is O=[N+]([O-])c1cnc(NCCc2cccs2)nc1. The second-order valence-electron chi connectivity index (χ2n) is 3.28. The molecule has 17 heavy (non-hydrogen) atoms. The van der Waals surface area contributed by atoms with Gasteiger partial charge in [-0.2, -0.15) is 0 Å². The highest BCUT2D eigenvalue weighted by atomic mass is 32.1. The molecule has 0 aliphatic rings. The van der Waals surface area contributed by atoms with E-state index in [1.165, 1.54) is 17.3 Å². The van der Waals surface area contributed by atoms with Crippen molar-refractivity contribution < 1.29 is 4.92 Å². The predicted octanol–water partition coefficient (Wildman–Crippen LogP) is 2.10. The average Bonchev–Trinajstić information content (AvgIpc) is 2.83. The third-order valence-corrected chi connectivity index (χ3v) is 3.02. The maximum Gasteiger partial charge on any atom is 0.305 e. The van der Waals surface area contributed by atoms with Gasteiger partial charge in [0.15, 0.2) is 0 Å². The molecule has 0 aliphatic carbocycles. The Morgan fingerprint density at radius 2 is 2.18 bits per heavy atom. The van der Waals surface area contributed by atoms with Crippen LogP contribution >= 0.6 is 11.3 Å². The highest BCUT2D eigenvalue weighted by Gasteiger charge is 2.05. The number of nitro groups is 1. The second-order valence-corrected chi connectivity index (χ2v) is 4.31. The van der Waals surface area contributed by atoms with Crippen molar-refractivity contribution in [2.45, 2.75) is 6.42 Å². The number of thiophene rings is 1. The molecule has 2 heterocycles. The molecule has 0 radical (unpaired) electrons. The Hall–Kier alpha value is -2.02. The third-order valence-electron chi connectivity index (χ3n) is 2.08. The van der Waals surface area contributed by atoms with Gasteiger partial charge in [0.2, 0.25) is 5.95 Å². The van der Waals surface area contributed by atoms with E-state index in [2.05, 4.69) is 21.4 Å². The van der Waals surface area contributed by atoms with Gasteiger partial charge in [0.1, 0.15) is 12.4 Å². The van der Waals surface area contributed by atoms with Gasteiger partial charge in [-0.1, -0.05) is 6.07 Å². The van der Waals surface area contributed by atoms with Gasteiger partial charge in [0.05, 0.1) is 4.92 Å². The number of hydrogen-bond donors (Lipinski definition) is 1. The molecule has 0 aromatic carbocycles. The van der Waals surface area contributed by atoms with Crippen LogP contribution in [0.4, 0.5) is 11.6 Å². The molecule has 2 aromatic heterocycles. The minimum Gasteiger partial charge on any atom is -0.354 e. The smallest absolute Gasteiger partial charge is 0.305 e. The van der Waals surface area contributed by atoms with Crippen LogP contribution in [0.3, 0.4) is 0 Å². The normalized spacial score (nSPS) is 10.1. The molecule has 0 unspecified atom stereocenters. The predicted molar refractivity (Wildman–Crippen MR) is 65.2 cm³/mol. The lowest BCUT2D eigenvalue weighted by atomic mass is 10.3. The van der Waals surface area contributed by atoms with Crippen LogP contribution in [0.5, 0.6) is 0 Å². The van der Waals surface area contributed by atoms with Gasteiger partial charge >= 0.3 is 5.69 Å². The Balaban J connectivity index is 1.85. The lowest BCUT2D eigenvalue weighted by Crippen LogP contribution is -2.07. The van der Waals surface area contributed by atoms with E-state index in [0.29, 0.717) is 12.5 Å². The van der Waals surface area contributed by atoms with Crippen LogP contribution < -0.4 is 5.32 Å². The van der Waals surface area contributed by atoms with E-state index in [0.717, 1.165) is 6.42 Å². The lowest BCUT2D eigenvalue weighted by molar-refractivity contribution is -0.385. The van der Waals surface area contributed by atoms with Crippen molar-refractivity contribution in [3.05, 3.63) is 44.9 Å². The van der Waals surface area contributed by atoms with Crippen molar-refractivity contribution in [1.82, 2.24) is 9.97 Å². The molecule has 0 spiro atoms. The first kappa shape index (κ1) is 11.5. The minimum absolute atomic E-state index is 0.103. The highest BCUT2D eigenvalue weighted by molar-refractivity contribution is 7.09. The van der Waals surface area contributed by atoms with Gasteiger partial charge in [0, 0.05) is 11.4 Å². The molecule has 6 nitrogen and oxygen atoms in total. The Kier molecular flexibility index (Phi) is 3.61. The van der Waals surface area contributed by atoms with Crippen LogP contribution in [-0.2, 0) is 6.42 Å². The number of aromatic nitrogens is 2. The molecule has 88 valence electrons. The molecule has 0 saturated heterocycles. The van der Waals surface area contributed by atoms with Gasteiger partial charge in [0.25, 0.3) is 0 Å². The first-order valence-electron chi connectivity index (χ1n) is 4.98. The fraction of sp³-hybridized carbons (Fsp3) is 0.200. The van der Waals surface area contributed by atoms with E-state index < -0.39 is 4.92 Å².